The van der Waals surface area contributed by atoms with Crippen LogP contribution < -0.4 is 10.6 Å². The van der Waals surface area contributed by atoms with Gasteiger partial charge in [0.1, 0.15) is 5.82 Å². The van der Waals surface area contributed by atoms with Crippen molar-refractivity contribution in [3.63, 3.8) is 0 Å². The first kappa shape index (κ1) is 19.2. The Bertz CT molecular complexity index is 443. The molecule has 1 saturated heterocycles. The molecule has 6 nitrogen and oxygen atoms in total. The van der Waals surface area contributed by atoms with Crippen LogP contribution in [-0.4, -0.2) is 48.4 Å². The summed E-state index contributed by atoms with van der Waals surface area (Å²) in [7, 11) is 1.81. The quantitative estimate of drug-likeness (QED) is 0.306. The number of imidazole rings is 1. The zero-order valence-corrected chi connectivity index (χ0v) is 15.9. The number of hydrogen-bond acceptors (Lipinski definition) is 3. The Labute approximate surface area is 150 Å². The van der Waals surface area contributed by atoms with Crippen LogP contribution in [0.15, 0.2) is 17.4 Å². The van der Waals surface area contributed by atoms with Gasteiger partial charge in [0.05, 0.1) is 6.10 Å². The number of hydrogen-bond donors (Lipinski definition) is 2. The van der Waals surface area contributed by atoms with Gasteiger partial charge in [0.2, 0.25) is 0 Å². The van der Waals surface area contributed by atoms with Crippen molar-refractivity contribution in [2.45, 2.75) is 45.3 Å². The first-order valence-electron chi connectivity index (χ1n) is 7.83. The molecule has 2 heterocycles. The Morgan fingerprint density at radius 2 is 2.32 bits per heavy atom. The van der Waals surface area contributed by atoms with Gasteiger partial charge in [0.15, 0.2) is 5.96 Å². The monoisotopic (exact) mass is 421 g/mol. The van der Waals surface area contributed by atoms with Gasteiger partial charge < -0.3 is 19.9 Å². The number of guanidine groups is 1. The molecule has 0 amide bonds. The van der Waals surface area contributed by atoms with Crippen LogP contribution in [0.3, 0.4) is 0 Å². The molecule has 0 spiro atoms. The summed E-state index contributed by atoms with van der Waals surface area (Å²) < 4.78 is 7.77. The first-order chi connectivity index (χ1) is 10.3. The van der Waals surface area contributed by atoms with Crippen molar-refractivity contribution >= 4 is 29.9 Å². The molecule has 1 unspecified atom stereocenters. The summed E-state index contributed by atoms with van der Waals surface area (Å²) in [6.45, 7) is 5.73. The molecule has 0 saturated carbocycles. The third-order valence-electron chi connectivity index (χ3n) is 3.79. The number of nitrogens with one attached hydrogen (secondary N) is 2. The Morgan fingerprint density at radius 1 is 1.45 bits per heavy atom. The number of unbranched alkanes of at least 4 members (excludes halogenated alkanes) is 1. The van der Waals surface area contributed by atoms with E-state index in [1.54, 1.807) is 7.05 Å². The summed E-state index contributed by atoms with van der Waals surface area (Å²) in [5, 5.41) is 6.67. The normalized spacial score (nSPS) is 18.1. The minimum atomic E-state index is 0. The first-order valence-corrected chi connectivity index (χ1v) is 7.83. The molecular formula is C15H28IN5O. The minimum absolute atomic E-state index is 0. The van der Waals surface area contributed by atoms with Crippen LogP contribution in [0.5, 0.6) is 0 Å². The summed E-state index contributed by atoms with van der Waals surface area (Å²) in [5.74, 6) is 1.95. The van der Waals surface area contributed by atoms with Gasteiger partial charge in [0, 0.05) is 45.7 Å². The molecule has 0 aromatic carbocycles. The molecule has 126 valence electrons. The highest BCUT2D eigenvalue weighted by Crippen LogP contribution is 2.10. The van der Waals surface area contributed by atoms with Gasteiger partial charge in [-0.1, -0.05) is 0 Å². The molecule has 1 aliphatic heterocycles. The van der Waals surface area contributed by atoms with E-state index in [0.717, 1.165) is 57.3 Å². The number of halogens is 1. The minimum Gasteiger partial charge on any atom is -0.376 e. The molecule has 1 aromatic heterocycles. The lowest BCUT2D eigenvalue weighted by atomic mass is 10.2. The SMILES string of the molecule is CN=C(NCCCCn1ccnc1C)NCC1CCCO1.I. The predicted octanol–water partition coefficient (Wildman–Crippen LogP) is 1.93. The fraction of sp³-hybridized carbons (Fsp3) is 0.733. The van der Waals surface area contributed by atoms with E-state index >= 15 is 0 Å². The predicted molar refractivity (Wildman–Crippen MR) is 100.0 cm³/mol. The molecule has 1 atom stereocenters. The Hall–Kier alpha value is -0.830. The zero-order chi connectivity index (χ0) is 14.9. The average Bonchev–Trinajstić information content (AvgIpc) is 3.14. The molecule has 1 aliphatic rings. The third kappa shape index (κ3) is 6.51. The zero-order valence-electron chi connectivity index (χ0n) is 13.5. The van der Waals surface area contributed by atoms with E-state index in [2.05, 4.69) is 25.2 Å². The van der Waals surface area contributed by atoms with Gasteiger partial charge in [-0.15, -0.1) is 24.0 Å². The van der Waals surface area contributed by atoms with Gasteiger partial charge in [-0.2, -0.15) is 0 Å². The largest absolute Gasteiger partial charge is 0.376 e. The van der Waals surface area contributed by atoms with Gasteiger partial charge in [-0.3, -0.25) is 4.99 Å². The lowest BCUT2D eigenvalue weighted by molar-refractivity contribution is 0.114. The molecule has 2 N–H and O–H groups in total. The maximum atomic E-state index is 5.59. The average molecular weight is 421 g/mol. The second-order valence-electron chi connectivity index (χ2n) is 5.39. The van der Waals surface area contributed by atoms with E-state index in [1.807, 2.05) is 19.3 Å². The number of ether oxygens (including phenoxy) is 1. The second-order valence-corrected chi connectivity index (χ2v) is 5.39. The molecule has 7 heteroatoms. The van der Waals surface area contributed by atoms with Gasteiger partial charge >= 0.3 is 0 Å². The molecule has 0 bridgehead atoms. The van der Waals surface area contributed by atoms with Gasteiger partial charge in [-0.25, -0.2) is 4.98 Å². The van der Waals surface area contributed by atoms with Gasteiger partial charge in [0.25, 0.3) is 0 Å². The lowest BCUT2D eigenvalue weighted by Crippen LogP contribution is -2.41. The molecule has 2 rings (SSSR count). The number of aromatic nitrogens is 2. The van der Waals surface area contributed by atoms with Crippen LogP contribution in [0.25, 0.3) is 0 Å². The van der Waals surface area contributed by atoms with Crippen molar-refractivity contribution in [2.75, 3.05) is 26.7 Å². The fourth-order valence-electron chi connectivity index (χ4n) is 2.49. The highest BCUT2D eigenvalue weighted by atomic mass is 127. The van der Waals surface area contributed by atoms with E-state index in [4.69, 9.17) is 4.74 Å². The maximum absolute atomic E-state index is 5.59. The Balaban J connectivity index is 0.00000242. The second kappa shape index (κ2) is 10.8. The third-order valence-corrected chi connectivity index (χ3v) is 3.79. The number of aryl methyl sites for hydroxylation is 2. The van der Waals surface area contributed by atoms with Crippen LogP contribution in [0, 0.1) is 6.92 Å². The standard InChI is InChI=1S/C15H27N5O.HI/c1-13-17-8-10-20(13)9-4-3-7-18-15(16-2)19-12-14-6-5-11-21-14;/h8,10,14H,3-7,9,11-12H2,1-2H3,(H2,16,18,19);1H. The van der Waals surface area contributed by atoms with E-state index in [9.17, 15) is 0 Å². The van der Waals surface area contributed by atoms with E-state index < -0.39 is 0 Å². The van der Waals surface area contributed by atoms with Crippen molar-refractivity contribution in [3.8, 4) is 0 Å². The van der Waals surface area contributed by atoms with Gasteiger partial charge in [-0.05, 0) is 32.6 Å². The molecule has 0 aliphatic carbocycles. The van der Waals surface area contributed by atoms with Crippen molar-refractivity contribution in [2.24, 2.45) is 4.99 Å². The molecule has 1 aromatic rings. The van der Waals surface area contributed by atoms with Crippen molar-refractivity contribution in [1.29, 1.82) is 0 Å². The molecule has 1 fully saturated rings. The van der Waals surface area contributed by atoms with E-state index in [-0.39, 0.29) is 24.0 Å². The number of rotatable bonds is 7. The summed E-state index contributed by atoms with van der Waals surface area (Å²) in [6.07, 6.45) is 8.79. The van der Waals surface area contributed by atoms with Crippen LogP contribution in [0.2, 0.25) is 0 Å². The maximum Gasteiger partial charge on any atom is 0.191 e. The Kier molecular flexibility index (Phi) is 9.45. The van der Waals surface area contributed by atoms with Crippen LogP contribution in [0.4, 0.5) is 0 Å². The molecular weight excluding hydrogens is 393 g/mol. The topological polar surface area (TPSA) is 63.5 Å². The molecule has 22 heavy (non-hydrogen) atoms. The fourth-order valence-corrected chi connectivity index (χ4v) is 2.49. The van der Waals surface area contributed by atoms with Crippen molar-refractivity contribution < 1.29 is 4.74 Å². The summed E-state index contributed by atoms with van der Waals surface area (Å²) in [6, 6.07) is 0. The number of aliphatic imine (C=N–C) groups is 1. The highest BCUT2D eigenvalue weighted by Gasteiger charge is 2.15. The summed E-state index contributed by atoms with van der Waals surface area (Å²) in [5.41, 5.74) is 0. The van der Waals surface area contributed by atoms with Crippen molar-refractivity contribution in [1.82, 2.24) is 20.2 Å². The van der Waals surface area contributed by atoms with E-state index in [1.165, 1.54) is 6.42 Å². The van der Waals surface area contributed by atoms with Crippen LogP contribution in [-0.2, 0) is 11.3 Å². The summed E-state index contributed by atoms with van der Waals surface area (Å²) in [4.78, 5) is 8.46. The highest BCUT2D eigenvalue weighted by molar-refractivity contribution is 14.0. The van der Waals surface area contributed by atoms with Crippen molar-refractivity contribution in [3.05, 3.63) is 18.2 Å². The van der Waals surface area contributed by atoms with Crippen LogP contribution in [0.1, 0.15) is 31.5 Å². The Morgan fingerprint density at radius 3 is 2.95 bits per heavy atom. The summed E-state index contributed by atoms with van der Waals surface area (Å²) >= 11 is 0. The lowest BCUT2D eigenvalue weighted by Gasteiger charge is -2.15. The number of nitrogens with zero attached hydrogens (tertiary/aromatic N) is 3. The van der Waals surface area contributed by atoms with Crippen LogP contribution >= 0.6 is 24.0 Å². The smallest absolute Gasteiger partial charge is 0.191 e. The van der Waals surface area contributed by atoms with E-state index in [0.29, 0.717) is 6.10 Å². The molecule has 0 radical (unpaired) electrons.